The minimum Gasteiger partial charge on any atom is -0.508 e. The summed E-state index contributed by atoms with van der Waals surface area (Å²) in [6, 6.07) is 12.1. The van der Waals surface area contributed by atoms with E-state index < -0.39 is 0 Å². The lowest BCUT2D eigenvalue weighted by Gasteiger charge is -1.98. The Kier molecular flexibility index (Phi) is 2.41. The highest BCUT2D eigenvalue weighted by atomic mass is 16.3. The maximum absolute atomic E-state index is 9.40. The Bertz CT molecular complexity index is 704. The number of phenols is 2. The summed E-state index contributed by atoms with van der Waals surface area (Å²) < 4.78 is 0. The van der Waals surface area contributed by atoms with Crippen molar-refractivity contribution in [3.63, 3.8) is 0 Å². The van der Waals surface area contributed by atoms with Crippen molar-refractivity contribution in [1.29, 1.82) is 0 Å². The molecule has 4 nitrogen and oxygen atoms in total. The number of aromatic amines is 1. The number of phenolic OH excluding ortho intramolecular Hbond substituents is 2. The fourth-order valence-corrected chi connectivity index (χ4v) is 1.99. The Balaban J connectivity index is 1.95. The number of benzene rings is 2. The second kappa shape index (κ2) is 4.07. The number of hydrogen-bond acceptors (Lipinski definition) is 3. The molecular formula is C14H12N2O2. The lowest BCUT2D eigenvalue weighted by Crippen LogP contribution is -1.89. The van der Waals surface area contributed by atoms with E-state index in [1.54, 1.807) is 36.4 Å². The maximum Gasteiger partial charge on any atom is 0.117 e. The summed E-state index contributed by atoms with van der Waals surface area (Å²) in [6.07, 6.45) is 0.615. The fraction of sp³-hybridized carbons (Fsp3) is 0.0714. The van der Waals surface area contributed by atoms with Crippen molar-refractivity contribution in [2.75, 3.05) is 0 Å². The summed E-state index contributed by atoms with van der Waals surface area (Å²) in [5.41, 5.74) is 2.62. The Morgan fingerprint density at radius 1 is 1.00 bits per heavy atom. The first kappa shape index (κ1) is 10.7. The number of imidazole rings is 1. The molecule has 0 spiro atoms. The van der Waals surface area contributed by atoms with Crippen LogP contribution in [0.2, 0.25) is 0 Å². The standard InChI is InChI=1S/C14H12N2O2/c17-10-3-1-2-9(6-10)7-14-15-12-5-4-11(18)8-13(12)16-14/h1-6,8,17-18H,7H2,(H,15,16). The van der Waals surface area contributed by atoms with Gasteiger partial charge in [0, 0.05) is 12.5 Å². The molecule has 3 rings (SSSR count). The Hall–Kier alpha value is -2.49. The Morgan fingerprint density at radius 2 is 1.83 bits per heavy atom. The maximum atomic E-state index is 9.40. The van der Waals surface area contributed by atoms with Crippen LogP contribution in [0.4, 0.5) is 0 Å². The molecule has 0 bridgehead atoms. The number of aromatic nitrogens is 2. The van der Waals surface area contributed by atoms with Crippen molar-refractivity contribution in [1.82, 2.24) is 9.97 Å². The van der Waals surface area contributed by atoms with Crippen molar-refractivity contribution in [3.05, 3.63) is 53.9 Å². The minimum absolute atomic E-state index is 0.218. The summed E-state index contributed by atoms with van der Waals surface area (Å²) in [5, 5.41) is 18.8. The topological polar surface area (TPSA) is 69.1 Å². The van der Waals surface area contributed by atoms with Crippen LogP contribution < -0.4 is 0 Å². The summed E-state index contributed by atoms with van der Waals surface area (Å²) in [6.45, 7) is 0. The summed E-state index contributed by atoms with van der Waals surface area (Å²) in [4.78, 5) is 7.58. The van der Waals surface area contributed by atoms with Gasteiger partial charge in [0.2, 0.25) is 0 Å². The van der Waals surface area contributed by atoms with Crippen LogP contribution in [-0.2, 0) is 6.42 Å². The minimum atomic E-state index is 0.218. The molecule has 1 aromatic heterocycles. The molecule has 0 aliphatic carbocycles. The molecule has 3 N–H and O–H groups in total. The van der Waals surface area contributed by atoms with Crippen LogP contribution in [0, 0.1) is 0 Å². The van der Waals surface area contributed by atoms with Crippen molar-refractivity contribution < 1.29 is 10.2 Å². The average Bonchev–Trinajstić information content (AvgIpc) is 2.70. The van der Waals surface area contributed by atoms with E-state index in [1.165, 1.54) is 0 Å². The van der Waals surface area contributed by atoms with Crippen molar-refractivity contribution >= 4 is 11.0 Å². The lowest BCUT2D eigenvalue weighted by molar-refractivity contribution is 0.474. The predicted octanol–water partition coefficient (Wildman–Crippen LogP) is 2.56. The molecular weight excluding hydrogens is 228 g/mol. The van der Waals surface area contributed by atoms with Crippen LogP contribution in [0.15, 0.2) is 42.5 Å². The molecule has 2 aromatic carbocycles. The second-order valence-electron chi connectivity index (χ2n) is 4.23. The second-order valence-corrected chi connectivity index (χ2v) is 4.23. The highest BCUT2D eigenvalue weighted by molar-refractivity contribution is 5.76. The number of H-pyrrole nitrogens is 1. The third kappa shape index (κ3) is 2.00. The molecule has 0 aliphatic heterocycles. The summed E-state index contributed by atoms with van der Waals surface area (Å²) in [7, 11) is 0. The molecule has 0 radical (unpaired) electrons. The first-order valence-corrected chi connectivity index (χ1v) is 5.66. The third-order valence-electron chi connectivity index (χ3n) is 2.80. The van der Waals surface area contributed by atoms with Crippen LogP contribution in [0.5, 0.6) is 11.5 Å². The number of nitrogens with one attached hydrogen (secondary N) is 1. The van der Waals surface area contributed by atoms with Crippen molar-refractivity contribution in [2.45, 2.75) is 6.42 Å². The van der Waals surface area contributed by atoms with Crippen molar-refractivity contribution in [3.8, 4) is 11.5 Å². The number of fused-ring (bicyclic) bond motifs is 1. The van der Waals surface area contributed by atoms with Gasteiger partial charge in [0.05, 0.1) is 11.0 Å². The average molecular weight is 240 g/mol. The van der Waals surface area contributed by atoms with Gasteiger partial charge in [-0.3, -0.25) is 0 Å². The van der Waals surface area contributed by atoms with Crippen LogP contribution in [0.1, 0.15) is 11.4 Å². The van der Waals surface area contributed by atoms with Gasteiger partial charge in [-0.2, -0.15) is 0 Å². The van der Waals surface area contributed by atoms with Gasteiger partial charge >= 0.3 is 0 Å². The largest absolute Gasteiger partial charge is 0.508 e. The predicted molar refractivity (Wildman–Crippen MR) is 68.7 cm³/mol. The van der Waals surface area contributed by atoms with Gasteiger partial charge in [0.25, 0.3) is 0 Å². The first-order valence-electron chi connectivity index (χ1n) is 5.66. The van der Waals surface area contributed by atoms with E-state index >= 15 is 0 Å². The molecule has 0 unspecified atom stereocenters. The number of aromatic hydroxyl groups is 2. The van der Waals surface area contributed by atoms with Crippen molar-refractivity contribution in [2.24, 2.45) is 0 Å². The molecule has 4 heteroatoms. The highest BCUT2D eigenvalue weighted by Crippen LogP contribution is 2.19. The number of rotatable bonds is 2. The summed E-state index contributed by atoms with van der Waals surface area (Å²) >= 11 is 0. The summed E-state index contributed by atoms with van der Waals surface area (Å²) in [5.74, 6) is 1.28. The smallest absolute Gasteiger partial charge is 0.117 e. The van der Waals surface area contributed by atoms with E-state index in [9.17, 15) is 10.2 Å². The monoisotopic (exact) mass is 240 g/mol. The first-order chi connectivity index (χ1) is 8.70. The van der Waals surface area contributed by atoms with Crippen LogP contribution >= 0.6 is 0 Å². The van der Waals surface area contributed by atoms with Gasteiger partial charge < -0.3 is 15.2 Å². The van der Waals surface area contributed by atoms with Gasteiger partial charge in [-0.15, -0.1) is 0 Å². The van der Waals surface area contributed by atoms with Crippen LogP contribution in [-0.4, -0.2) is 20.2 Å². The Morgan fingerprint density at radius 3 is 2.67 bits per heavy atom. The zero-order valence-corrected chi connectivity index (χ0v) is 9.59. The fourth-order valence-electron chi connectivity index (χ4n) is 1.99. The lowest BCUT2D eigenvalue weighted by atomic mass is 10.1. The molecule has 3 aromatic rings. The molecule has 0 amide bonds. The zero-order valence-electron chi connectivity index (χ0n) is 9.59. The molecule has 1 heterocycles. The van der Waals surface area contributed by atoms with Gasteiger partial charge in [-0.1, -0.05) is 12.1 Å². The zero-order chi connectivity index (χ0) is 12.5. The van der Waals surface area contributed by atoms with E-state index in [0.29, 0.717) is 6.42 Å². The number of hydrogen-bond donors (Lipinski definition) is 3. The van der Waals surface area contributed by atoms with E-state index in [-0.39, 0.29) is 11.5 Å². The molecule has 0 saturated carbocycles. The quantitative estimate of drug-likeness (QED) is 0.644. The number of nitrogens with zero attached hydrogens (tertiary/aromatic N) is 1. The highest BCUT2D eigenvalue weighted by Gasteiger charge is 2.04. The van der Waals surface area contributed by atoms with Gasteiger partial charge in [0.1, 0.15) is 17.3 Å². The van der Waals surface area contributed by atoms with E-state index in [1.807, 2.05) is 6.07 Å². The molecule has 18 heavy (non-hydrogen) atoms. The van der Waals surface area contributed by atoms with Gasteiger partial charge in [-0.25, -0.2) is 4.98 Å². The van der Waals surface area contributed by atoms with Crippen LogP contribution in [0.25, 0.3) is 11.0 Å². The van der Waals surface area contributed by atoms with Gasteiger partial charge in [0.15, 0.2) is 0 Å². The third-order valence-corrected chi connectivity index (χ3v) is 2.80. The normalized spacial score (nSPS) is 10.9. The molecule has 90 valence electrons. The molecule has 0 aliphatic rings. The molecule has 0 saturated heterocycles. The van der Waals surface area contributed by atoms with Gasteiger partial charge in [-0.05, 0) is 29.8 Å². The molecule has 0 fully saturated rings. The van der Waals surface area contributed by atoms with Crippen LogP contribution in [0.3, 0.4) is 0 Å². The SMILES string of the molecule is Oc1cccc(Cc2nc3ccc(O)cc3[nH]2)c1. The Labute approximate surface area is 104 Å². The van der Waals surface area contributed by atoms with E-state index in [4.69, 9.17) is 0 Å². The van der Waals surface area contributed by atoms with E-state index in [2.05, 4.69) is 9.97 Å². The van der Waals surface area contributed by atoms with E-state index in [0.717, 1.165) is 22.4 Å². The molecule has 0 atom stereocenters.